The van der Waals surface area contributed by atoms with E-state index in [0.717, 1.165) is 0 Å². The molecule has 0 unspecified atom stereocenters. The van der Waals surface area contributed by atoms with Crippen LogP contribution in [0.4, 0.5) is 0 Å². The molecule has 0 fully saturated rings. The van der Waals surface area contributed by atoms with Crippen molar-refractivity contribution in [3.63, 3.8) is 0 Å². The summed E-state index contributed by atoms with van der Waals surface area (Å²) >= 11 is 5.58. The Morgan fingerprint density at radius 2 is 1.92 bits per heavy atom. The van der Waals surface area contributed by atoms with E-state index in [4.69, 9.17) is 26.0 Å². The van der Waals surface area contributed by atoms with Gasteiger partial charge in [-0.1, -0.05) is 0 Å². The largest absolute Gasteiger partial charge is 0.496 e. The fourth-order valence-electron chi connectivity index (χ4n) is 0.452. The molecule has 0 aliphatic heterocycles. The first-order valence-corrected chi connectivity index (χ1v) is 6.09. The van der Waals surface area contributed by atoms with Crippen molar-refractivity contribution in [2.24, 2.45) is 0 Å². The number of alkyl halides is 1. The van der Waals surface area contributed by atoms with Crippen molar-refractivity contribution >= 4 is 26.4 Å². The number of hydrogen-bond acceptors (Lipinski definition) is 5. The highest BCUT2D eigenvalue weighted by atomic mass is 35.5. The summed E-state index contributed by atoms with van der Waals surface area (Å²) in [5, 5.41) is 0. The average Bonchev–Trinajstić information content (AvgIpc) is 1.82. The zero-order chi connectivity index (χ0) is 10.7. The monoisotopic (exact) mass is 228 g/mol. The predicted octanol–water partition coefficient (Wildman–Crippen LogP) is -0.537. The first-order chi connectivity index (χ1) is 5.63. The maximum Gasteiger partial charge on any atom is 0.496 e. The lowest BCUT2D eigenvalue weighted by atomic mass is 10.2. The molecule has 0 aromatic heterocycles. The first kappa shape index (κ1) is 12.9. The summed E-state index contributed by atoms with van der Waals surface area (Å²) in [4.78, 5) is 35.5. The van der Waals surface area contributed by atoms with Crippen LogP contribution in [0.2, 0.25) is 6.04 Å². The zero-order valence-electron chi connectivity index (χ0n) is 7.45. The normalized spacial score (nSPS) is 12.8. The van der Waals surface area contributed by atoms with Gasteiger partial charge in [-0.05, 0) is 13.8 Å². The molecular formula is C6H13ClO5Si. The molecule has 13 heavy (non-hydrogen) atoms. The molecule has 0 aromatic rings. The minimum absolute atomic E-state index is 0.245. The average molecular weight is 229 g/mol. The molecule has 0 spiro atoms. The number of carbonyl (C=O) groups is 1. The summed E-state index contributed by atoms with van der Waals surface area (Å²) in [6.45, 7) is 2.67. The van der Waals surface area contributed by atoms with E-state index >= 15 is 0 Å². The Labute approximate surface area is 82.3 Å². The van der Waals surface area contributed by atoms with Crippen molar-refractivity contribution in [1.82, 2.24) is 0 Å². The molecule has 0 aliphatic carbocycles. The second kappa shape index (κ2) is 4.38. The third-order valence-corrected chi connectivity index (χ3v) is 2.19. The summed E-state index contributed by atoms with van der Waals surface area (Å²) in [5.41, 5.74) is 0. The molecule has 0 amide bonds. The Bertz CT molecular complexity index is 182. The zero-order valence-corrected chi connectivity index (χ0v) is 9.21. The Morgan fingerprint density at radius 1 is 1.46 bits per heavy atom. The highest BCUT2D eigenvalue weighted by Gasteiger charge is 2.30. The maximum absolute atomic E-state index is 11.0. The van der Waals surface area contributed by atoms with Crippen LogP contribution in [0.5, 0.6) is 0 Å². The fourth-order valence-corrected chi connectivity index (χ4v) is 0.883. The molecule has 0 atom stereocenters. The van der Waals surface area contributed by atoms with E-state index in [2.05, 4.69) is 4.74 Å². The molecule has 0 aromatic carbocycles. The Kier molecular flexibility index (Phi) is 4.33. The van der Waals surface area contributed by atoms with Gasteiger partial charge >= 0.3 is 14.8 Å². The van der Waals surface area contributed by atoms with Gasteiger partial charge in [-0.15, -0.1) is 11.6 Å². The fraction of sp³-hybridized carbons (Fsp3) is 0.833. The van der Waals surface area contributed by atoms with Crippen LogP contribution in [-0.4, -0.2) is 40.6 Å². The van der Waals surface area contributed by atoms with Gasteiger partial charge < -0.3 is 19.1 Å². The van der Waals surface area contributed by atoms with Crippen LogP contribution in [0.1, 0.15) is 13.8 Å². The summed E-state index contributed by atoms with van der Waals surface area (Å²) in [6.07, 6.45) is 0. The van der Waals surface area contributed by atoms with E-state index in [9.17, 15) is 4.79 Å². The van der Waals surface area contributed by atoms with E-state index < -0.39 is 19.6 Å². The summed E-state index contributed by atoms with van der Waals surface area (Å²) < 4.78 is 4.57. The van der Waals surface area contributed by atoms with Gasteiger partial charge in [-0.25, -0.2) is 0 Å². The lowest BCUT2D eigenvalue weighted by Gasteiger charge is -2.15. The van der Waals surface area contributed by atoms with Crippen LogP contribution in [0.3, 0.4) is 0 Å². The van der Waals surface area contributed by atoms with Crippen LogP contribution in [0.25, 0.3) is 0 Å². The van der Waals surface area contributed by atoms with E-state index in [1.165, 1.54) is 13.8 Å². The second-order valence-electron chi connectivity index (χ2n) is 3.13. The van der Waals surface area contributed by atoms with Crippen molar-refractivity contribution in [1.29, 1.82) is 0 Å². The summed E-state index contributed by atoms with van der Waals surface area (Å²) in [6, 6.07) is -0.342. The Morgan fingerprint density at radius 3 is 2.23 bits per heavy atom. The quantitative estimate of drug-likeness (QED) is 0.342. The molecule has 0 radical (unpaired) electrons. The third kappa shape index (κ3) is 6.97. The van der Waals surface area contributed by atoms with Gasteiger partial charge in [0.05, 0.1) is 12.7 Å². The number of ether oxygens (including phenoxy) is 1. The van der Waals surface area contributed by atoms with Crippen molar-refractivity contribution in [2.45, 2.75) is 24.8 Å². The van der Waals surface area contributed by atoms with Gasteiger partial charge in [0.1, 0.15) is 4.87 Å². The highest BCUT2D eigenvalue weighted by molar-refractivity contribution is 6.56. The van der Waals surface area contributed by atoms with Crippen LogP contribution in [0, 0.1) is 0 Å². The van der Waals surface area contributed by atoms with Crippen LogP contribution in [-0.2, 0) is 9.53 Å². The molecule has 3 N–H and O–H groups in total. The molecule has 0 bridgehead atoms. The minimum atomic E-state index is -4.10. The van der Waals surface area contributed by atoms with Crippen molar-refractivity contribution in [3.05, 3.63) is 0 Å². The number of hydrogen-bond donors (Lipinski definition) is 3. The van der Waals surface area contributed by atoms with E-state index in [1.54, 1.807) is 0 Å². The molecule has 5 nitrogen and oxygen atoms in total. The molecule has 0 rings (SSSR count). The Hall–Kier alpha value is -0.143. The number of carbonyl (C=O) groups excluding carboxylic acids is 1. The van der Waals surface area contributed by atoms with Crippen LogP contribution >= 0.6 is 11.6 Å². The molecule has 78 valence electrons. The standard InChI is InChI=1S/C6H13ClO5Si/c1-6(2,7)5(8)12-3-4-13(9,10)11/h9-11H,3-4H2,1-2H3. The molecule has 0 saturated heterocycles. The lowest BCUT2D eigenvalue weighted by Crippen LogP contribution is -2.37. The molecule has 0 aliphatic rings. The van der Waals surface area contributed by atoms with E-state index in [-0.39, 0.29) is 12.7 Å². The number of rotatable bonds is 4. The smallest absolute Gasteiger partial charge is 0.464 e. The van der Waals surface area contributed by atoms with Crippen molar-refractivity contribution in [3.8, 4) is 0 Å². The van der Waals surface area contributed by atoms with Gasteiger partial charge in [0.15, 0.2) is 0 Å². The number of halogens is 1. The van der Waals surface area contributed by atoms with Crippen molar-refractivity contribution < 1.29 is 23.9 Å². The van der Waals surface area contributed by atoms with Gasteiger partial charge in [0, 0.05) is 0 Å². The van der Waals surface area contributed by atoms with Gasteiger partial charge in [0.25, 0.3) is 0 Å². The lowest BCUT2D eigenvalue weighted by molar-refractivity contribution is -0.145. The maximum atomic E-state index is 11.0. The topological polar surface area (TPSA) is 87.0 Å². The molecular weight excluding hydrogens is 216 g/mol. The van der Waals surface area contributed by atoms with Gasteiger partial charge in [-0.3, -0.25) is 4.79 Å². The second-order valence-corrected chi connectivity index (χ2v) is 6.13. The van der Waals surface area contributed by atoms with Crippen molar-refractivity contribution in [2.75, 3.05) is 6.61 Å². The Balaban J connectivity index is 3.74. The van der Waals surface area contributed by atoms with Crippen LogP contribution < -0.4 is 0 Å². The molecule has 0 heterocycles. The van der Waals surface area contributed by atoms with Gasteiger partial charge in [-0.2, -0.15) is 0 Å². The highest BCUT2D eigenvalue weighted by Crippen LogP contribution is 2.14. The first-order valence-electron chi connectivity index (χ1n) is 3.66. The summed E-state index contributed by atoms with van der Waals surface area (Å²) in [5.74, 6) is -0.660. The number of esters is 1. The predicted molar refractivity (Wildman–Crippen MR) is 48.1 cm³/mol. The third-order valence-electron chi connectivity index (χ3n) is 1.16. The summed E-state index contributed by atoms with van der Waals surface area (Å²) in [7, 11) is -4.10. The van der Waals surface area contributed by atoms with Gasteiger partial charge in [0.2, 0.25) is 0 Å². The SMILES string of the molecule is CC(C)(Cl)C(=O)OCC[Si](O)(O)O. The molecule has 7 heteroatoms. The molecule has 0 saturated carbocycles. The van der Waals surface area contributed by atoms with E-state index in [1.807, 2.05) is 0 Å². The van der Waals surface area contributed by atoms with Crippen LogP contribution in [0.15, 0.2) is 0 Å². The minimum Gasteiger partial charge on any atom is -0.464 e. The van der Waals surface area contributed by atoms with E-state index in [0.29, 0.717) is 0 Å².